The first-order valence-electron chi connectivity index (χ1n) is 9.15. The summed E-state index contributed by atoms with van der Waals surface area (Å²) < 4.78 is 43.9. The van der Waals surface area contributed by atoms with Crippen LogP contribution in [0.5, 0.6) is 5.75 Å². The monoisotopic (exact) mass is 406 g/mol. The second kappa shape index (κ2) is 8.55. The molecule has 5 nitrogen and oxygen atoms in total. The number of rotatable bonds is 4. The molecule has 0 spiro atoms. The first-order chi connectivity index (χ1) is 13.8. The van der Waals surface area contributed by atoms with E-state index in [1.165, 1.54) is 17.0 Å². The van der Waals surface area contributed by atoms with Crippen molar-refractivity contribution in [3.05, 3.63) is 65.2 Å². The summed E-state index contributed by atoms with van der Waals surface area (Å²) >= 11 is 0. The van der Waals surface area contributed by atoms with Crippen molar-refractivity contribution in [2.24, 2.45) is 0 Å². The molecule has 1 fully saturated rings. The lowest BCUT2D eigenvalue weighted by molar-refractivity contribution is -0.137. The SMILES string of the molecule is COc1cccc(CN2CCN(C(=O)c3cccc(C(F)(F)F)c3)CCC2=O)c1. The van der Waals surface area contributed by atoms with Gasteiger partial charge in [0.25, 0.3) is 5.91 Å². The molecule has 0 saturated carbocycles. The van der Waals surface area contributed by atoms with Crippen LogP contribution in [0.15, 0.2) is 48.5 Å². The molecule has 2 amide bonds. The summed E-state index contributed by atoms with van der Waals surface area (Å²) in [6.45, 7) is 1.11. The van der Waals surface area contributed by atoms with Gasteiger partial charge in [-0.25, -0.2) is 0 Å². The van der Waals surface area contributed by atoms with Gasteiger partial charge in [0.2, 0.25) is 5.91 Å². The maximum atomic E-state index is 12.9. The molecule has 0 bridgehead atoms. The average Bonchev–Trinajstić information content (AvgIpc) is 2.89. The molecule has 3 rings (SSSR count). The van der Waals surface area contributed by atoms with Crippen LogP contribution in [0.25, 0.3) is 0 Å². The number of methoxy groups -OCH3 is 1. The number of amides is 2. The van der Waals surface area contributed by atoms with Crippen LogP contribution in [-0.2, 0) is 17.5 Å². The average molecular weight is 406 g/mol. The molecule has 8 heteroatoms. The quantitative estimate of drug-likeness (QED) is 0.780. The Morgan fingerprint density at radius 3 is 2.55 bits per heavy atom. The number of hydrogen-bond acceptors (Lipinski definition) is 3. The number of carbonyl (C=O) groups is 2. The van der Waals surface area contributed by atoms with Crippen LogP contribution in [0, 0.1) is 0 Å². The van der Waals surface area contributed by atoms with E-state index in [1.54, 1.807) is 12.0 Å². The van der Waals surface area contributed by atoms with E-state index in [9.17, 15) is 22.8 Å². The predicted octanol–water partition coefficient (Wildman–Crippen LogP) is 3.59. The molecule has 0 N–H and O–H groups in total. The highest BCUT2D eigenvalue weighted by atomic mass is 19.4. The van der Waals surface area contributed by atoms with Crippen LogP contribution < -0.4 is 4.74 Å². The summed E-state index contributed by atoms with van der Waals surface area (Å²) in [5, 5.41) is 0. The molecule has 1 aliphatic heterocycles. The third kappa shape index (κ3) is 5.07. The Hall–Kier alpha value is -3.03. The lowest BCUT2D eigenvalue weighted by Gasteiger charge is -2.23. The lowest BCUT2D eigenvalue weighted by atomic mass is 10.1. The maximum absolute atomic E-state index is 12.9. The summed E-state index contributed by atoms with van der Waals surface area (Å²) in [6, 6.07) is 11.7. The van der Waals surface area contributed by atoms with Crippen LogP contribution in [0.3, 0.4) is 0 Å². The summed E-state index contributed by atoms with van der Waals surface area (Å²) in [7, 11) is 1.56. The molecule has 1 heterocycles. The van der Waals surface area contributed by atoms with Gasteiger partial charge in [0.1, 0.15) is 5.75 Å². The van der Waals surface area contributed by atoms with Crippen molar-refractivity contribution in [1.29, 1.82) is 0 Å². The zero-order chi connectivity index (χ0) is 21.0. The van der Waals surface area contributed by atoms with Crippen LogP contribution in [0.1, 0.15) is 27.9 Å². The minimum Gasteiger partial charge on any atom is -0.497 e. The fourth-order valence-corrected chi connectivity index (χ4v) is 3.24. The summed E-state index contributed by atoms with van der Waals surface area (Å²) in [4.78, 5) is 28.2. The number of carbonyl (C=O) groups excluding carboxylic acids is 2. The van der Waals surface area contributed by atoms with Crippen molar-refractivity contribution in [3.8, 4) is 5.75 Å². The third-order valence-electron chi connectivity index (χ3n) is 4.82. The topological polar surface area (TPSA) is 49.9 Å². The maximum Gasteiger partial charge on any atom is 0.416 e. The van der Waals surface area contributed by atoms with Gasteiger partial charge in [-0.15, -0.1) is 0 Å². The van der Waals surface area contributed by atoms with E-state index in [4.69, 9.17) is 4.74 Å². The molecular formula is C21H21F3N2O3. The van der Waals surface area contributed by atoms with E-state index < -0.39 is 17.6 Å². The van der Waals surface area contributed by atoms with Crippen molar-refractivity contribution < 1.29 is 27.5 Å². The van der Waals surface area contributed by atoms with Gasteiger partial charge in [0.05, 0.1) is 12.7 Å². The zero-order valence-corrected chi connectivity index (χ0v) is 15.9. The van der Waals surface area contributed by atoms with E-state index >= 15 is 0 Å². The number of benzene rings is 2. The summed E-state index contributed by atoms with van der Waals surface area (Å²) in [6.07, 6.45) is -4.40. The van der Waals surface area contributed by atoms with Gasteiger partial charge in [-0.3, -0.25) is 9.59 Å². The standard InChI is InChI=1S/C21H21F3N2O3/c1-29-18-7-2-4-15(12-18)14-26-11-10-25(9-8-19(26)27)20(28)16-5-3-6-17(13-16)21(22,23)24/h2-7,12-13H,8-11,14H2,1H3. The van der Waals surface area contributed by atoms with Gasteiger partial charge in [0, 0.05) is 38.2 Å². The predicted molar refractivity (Wildman–Crippen MR) is 100 cm³/mol. The van der Waals surface area contributed by atoms with Crippen LogP contribution in [-0.4, -0.2) is 48.4 Å². The molecule has 2 aromatic carbocycles. The molecule has 0 aromatic heterocycles. The molecule has 0 atom stereocenters. The summed E-state index contributed by atoms with van der Waals surface area (Å²) in [5.74, 6) is 0.0745. The van der Waals surface area contributed by atoms with Crippen molar-refractivity contribution in [3.63, 3.8) is 0 Å². The minimum atomic E-state index is -4.52. The number of nitrogens with zero attached hydrogens (tertiary/aromatic N) is 2. The molecule has 2 aromatic rings. The van der Waals surface area contributed by atoms with Crippen molar-refractivity contribution in [2.45, 2.75) is 19.1 Å². The van der Waals surface area contributed by atoms with Gasteiger partial charge in [-0.1, -0.05) is 18.2 Å². The van der Waals surface area contributed by atoms with Crippen molar-refractivity contribution in [1.82, 2.24) is 9.80 Å². The Balaban J connectivity index is 1.70. The first-order valence-corrected chi connectivity index (χ1v) is 9.15. The second-order valence-electron chi connectivity index (χ2n) is 6.79. The van der Waals surface area contributed by atoms with E-state index in [0.29, 0.717) is 18.8 Å². The molecule has 1 aliphatic rings. The zero-order valence-electron chi connectivity index (χ0n) is 15.9. The Bertz CT molecular complexity index is 899. The van der Waals surface area contributed by atoms with Crippen LogP contribution >= 0.6 is 0 Å². The minimum absolute atomic E-state index is 0.0338. The molecule has 0 aliphatic carbocycles. The Morgan fingerprint density at radius 2 is 1.83 bits per heavy atom. The number of hydrogen-bond donors (Lipinski definition) is 0. The molecule has 154 valence electrons. The van der Waals surface area contributed by atoms with E-state index in [2.05, 4.69) is 0 Å². The third-order valence-corrected chi connectivity index (χ3v) is 4.82. The highest BCUT2D eigenvalue weighted by Gasteiger charge is 2.32. The van der Waals surface area contributed by atoms with Gasteiger partial charge >= 0.3 is 6.18 Å². The molecule has 29 heavy (non-hydrogen) atoms. The molecular weight excluding hydrogens is 385 g/mol. The second-order valence-corrected chi connectivity index (χ2v) is 6.79. The number of ether oxygens (including phenoxy) is 1. The molecule has 0 unspecified atom stereocenters. The van der Waals surface area contributed by atoms with E-state index in [1.807, 2.05) is 24.3 Å². The van der Waals surface area contributed by atoms with Crippen molar-refractivity contribution >= 4 is 11.8 Å². The van der Waals surface area contributed by atoms with E-state index in [-0.39, 0.29) is 31.0 Å². The largest absolute Gasteiger partial charge is 0.497 e. The Labute approximate surface area is 166 Å². The lowest BCUT2D eigenvalue weighted by Crippen LogP contribution is -2.35. The van der Waals surface area contributed by atoms with Gasteiger partial charge in [0.15, 0.2) is 0 Å². The highest BCUT2D eigenvalue weighted by Crippen LogP contribution is 2.30. The van der Waals surface area contributed by atoms with E-state index in [0.717, 1.165) is 17.7 Å². The van der Waals surface area contributed by atoms with Gasteiger partial charge in [-0.05, 0) is 35.9 Å². The highest BCUT2D eigenvalue weighted by molar-refractivity contribution is 5.95. The number of halogens is 3. The molecule has 1 saturated heterocycles. The van der Waals surface area contributed by atoms with Crippen molar-refractivity contribution in [2.75, 3.05) is 26.7 Å². The Kier molecular flexibility index (Phi) is 6.10. The first kappa shape index (κ1) is 20.7. The van der Waals surface area contributed by atoms with Crippen LogP contribution in [0.2, 0.25) is 0 Å². The fraction of sp³-hybridized carbons (Fsp3) is 0.333. The van der Waals surface area contributed by atoms with Gasteiger partial charge in [-0.2, -0.15) is 13.2 Å². The smallest absolute Gasteiger partial charge is 0.416 e. The normalized spacial score (nSPS) is 15.2. The fourth-order valence-electron chi connectivity index (χ4n) is 3.24. The number of alkyl halides is 3. The van der Waals surface area contributed by atoms with Gasteiger partial charge < -0.3 is 14.5 Å². The Morgan fingerprint density at radius 1 is 1.07 bits per heavy atom. The molecule has 0 radical (unpaired) electrons. The summed E-state index contributed by atoms with van der Waals surface area (Å²) in [5.41, 5.74) is -0.00206. The van der Waals surface area contributed by atoms with Crippen LogP contribution in [0.4, 0.5) is 13.2 Å².